The number of hydrogen-bond donors (Lipinski definition) is 1. The number of nitrogens with one attached hydrogen (secondary N) is 1. The molecule has 1 N–H and O–H groups in total. The summed E-state index contributed by atoms with van der Waals surface area (Å²) in [6.45, 7) is 7.24. The molecule has 7 nitrogen and oxygen atoms in total. The van der Waals surface area contributed by atoms with E-state index < -0.39 is 0 Å². The Labute approximate surface area is 169 Å². The van der Waals surface area contributed by atoms with Crippen LogP contribution in [0.4, 0.5) is 0 Å². The number of halogens is 1. The number of carbonyl (C=O) groups excluding carboxylic acids is 2. The first-order chi connectivity index (χ1) is 13.6. The van der Waals surface area contributed by atoms with Crippen LogP contribution in [0.3, 0.4) is 0 Å². The topological polar surface area (TPSA) is 72.5 Å². The van der Waals surface area contributed by atoms with Crippen LogP contribution in [0, 0.1) is 0 Å². The minimum atomic E-state index is -0.118. The fraction of sp³-hybridized carbons (Fsp3) is 0.450. The van der Waals surface area contributed by atoms with Crippen LogP contribution in [-0.2, 0) is 13.0 Å². The number of aromatic nitrogens is 2. The van der Waals surface area contributed by atoms with Crippen LogP contribution in [0.1, 0.15) is 39.0 Å². The Morgan fingerprint density at radius 2 is 1.82 bits per heavy atom. The summed E-state index contributed by atoms with van der Waals surface area (Å²) < 4.78 is 0. The van der Waals surface area contributed by atoms with E-state index in [2.05, 4.69) is 22.0 Å². The second-order valence-electron chi connectivity index (χ2n) is 7.21. The molecular weight excluding hydrogens is 378 g/mol. The Balaban J connectivity index is 1.51. The predicted octanol–water partition coefficient (Wildman–Crippen LogP) is 2.04. The summed E-state index contributed by atoms with van der Waals surface area (Å²) in [5.41, 5.74) is 2.70. The number of piperazine rings is 1. The molecule has 8 heteroatoms. The first-order valence-corrected chi connectivity index (χ1v) is 10.1. The molecule has 148 valence electrons. The third-order valence-electron chi connectivity index (χ3n) is 5.63. The molecule has 0 spiro atoms. The lowest BCUT2D eigenvalue weighted by Crippen LogP contribution is -2.48. The largest absolute Gasteiger partial charge is 0.335 e. The van der Waals surface area contributed by atoms with Gasteiger partial charge in [-0.05, 0) is 18.7 Å². The Hall–Kier alpha value is -2.38. The number of likely N-dealkylation sites (N-methyl/N-ethyl adjacent to an activating group) is 1. The third-order valence-corrected chi connectivity index (χ3v) is 5.96. The normalized spacial score (nSPS) is 17.5. The highest BCUT2D eigenvalue weighted by molar-refractivity contribution is 6.33. The van der Waals surface area contributed by atoms with Gasteiger partial charge in [-0.15, -0.1) is 0 Å². The van der Waals surface area contributed by atoms with Gasteiger partial charge in [0.1, 0.15) is 0 Å². The van der Waals surface area contributed by atoms with Crippen molar-refractivity contribution in [3.05, 3.63) is 51.8 Å². The fourth-order valence-corrected chi connectivity index (χ4v) is 4.08. The smallest absolute Gasteiger partial charge is 0.274 e. The lowest BCUT2D eigenvalue weighted by atomic mass is 10.0. The highest BCUT2D eigenvalue weighted by Crippen LogP contribution is 2.25. The van der Waals surface area contributed by atoms with Crippen LogP contribution >= 0.6 is 11.6 Å². The Morgan fingerprint density at radius 3 is 2.54 bits per heavy atom. The summed E-state index contributed by atoms with van der Waals surface area (Å²) >= 11 is 6.19. The average molecular weight is 402 g/mol. The van der Waals surface area contributed by atoms with E-state index >= 15 is 0 Å². The van der Waals surface area contributed by atoms with Crippen molar-refractivity contribution in [2.24, 2.45) is 0 Å². The predicted molar refractivity (Wildman–Crippen MR) is 107 cm³/mol. The fourth-order valence-electron chi connectivity index (χ4n) is 3.87. The number of H-pyrrole nitrogens is 1. The van der Waals surface area contributed by atoms with Crippen molar-refractivity contribution in [1.82, 2.24) is 24.9 Å². The Bertz CT molecular complexity index is 888. The summed E-state index contributed by atoms with van der Waals surface area (Å²) in [5.74, 6) is -0.173. The van der Waals surface area contributed by atoms with Gasteiger partial charge in [-0.25, -0.2) is 0 Å². The molecule has 2 aromatic rings. The highest BCUT2D eigenvalue weighted by Gasteiger charge is 2.31. The van der Waals surface area contributed by atoms with Gasteiger partial charge < -0.3 is 14.7 Å². The number of fused-ring (bicyclic) bond motifs is 1. The molecule has 1 aromatic heterocycles. The molecule has 0 unspecified atom stereocenters. The summed E-state index contributed by atoms with van der Waals surface area (Å²) in [5, 5.41) is 7.75. The number of hydrogen-bond acceptors (Lipinski definition) is 4. The van der Waals surface area contributed by atoms with Crippen molar-refractivity contribution in [2.75, 3.05) is 39.3 Å². The van der Waals surface area contributed by atoms with Gasteiger partial charge >= 0.3 is 0 Å². The number of nitrogens with zero attached hydrogens (tertiary/aromatic N) is 4. The molecule has 0 aliphatic carbocycles. The molecule has 2 amide bonds. The molecule has 3 heterocycles. The van der Waals surface area contributed by atoms with Gasteiger partial charge in [-0.3, -0.25) is 14.7 Å². The van der Waals surface area contributed by atoms with Gasteiger partial charge in [0.15, 0.2) is 5.69 Å². The molecule has 1 saturated heterocycles. The van der Waals surface area contributed by atoms with Gasteiger partial charge in [0.25, 0.3) is 11.8 Å². The van der Waals surface area contributed by atoms with Crippen LogP contribution in [0.15, 0.2) is 24.3 Å². The molecule has 2 aliphatic heterocycles. The van der Waals surface area contributed by atoms with Gasteiger partial charge in [0.2, 0.25) is 0 Å². The SMILES string of the molecule is CCN1CCN(C(=O)c2n[nH]c3c2CN(C(=O)c2ccccc2Cl)CC3)CC1. The van der Waals surface area contributed by atoms with E-state index in [9.17, 15) is 9.59 Å². The van der Waals surface area contributed by atoms with E-state index in [1.54, 1.807) is 29.2 Å². The monoisotopic (exact) mass is 401 g/mol. The van der Waals surface area contributed by atoms with Crippen molar-refractivity contribution >= 4 is 23.4 Å². The standard InChI is InChI=1S/C20H24ClN5O2/c1-2-24-9-11-25(12-10-24)20(28)18-15-13-26(8-7-17(15)22-23-18)19(27)14-5-3-4-6-16(14)21/h3-6H,2,7-13H2,1H3,(H,22,23). The zero-order valence-electron chi connectivity index (χ0n) is 15.9. The number of amides is 2. The molecule has 0 saturated carbocycles. The minimum Gasteiger partial charge on any atom is -0.335 e. The lowest BCUT2D eigenvalue weighted by Gasteiger charge is -2.34. The van der Waals surface area contributed by atoms with Crippen molar-refractivity contribution in [3.8, 4) is 0 Å². The number of carbonyl (C=O) groups is 2. The molecule has 4 rings (SSSR count). The van der Waals surface area contributed by atoms with Crippen LogP contribution in [0.5, 0.6) is 0 Å². The maximum absolute atomic E-state index is 13.0. The summed E-state index contributed by atoms with van der Waals surface area (Å²) in [4.78, 5) is 31.9. The summed E-state index contributed by atoms with van der Waals surface area (Å²) in [7, 11) is 0. The quantitative estimate of drug-likeness (QED) is 0.854. The number of rotatable bonds is 3. The van der Waals surface area contributed by atoms with Crippen LogP contribution in [0.25, 0.3) is 0 Å². The van der Waals surface area contributed by atoms with Crippen LogP contribution < -0.4 is 0 Å². The maximum Gasteiger partial charge on any atom is 0.274 e. The van der Waals surface area contributed by atoms with Crippen molar-refractivity contribution in [1.29, 1.82) is 0 Å². The van der Waals surface area contributed by atoms with Crippen molar-refractivity contribution in [3.63, 3.8) is 0 Å². The van der Waals surface area contributed by atoms with E-state index in [-0.39, 0.29) is 11.8 Å². The molecular formula is C20H24ClN5O2. The highest BCUT2D eigenvalue weighted by atomic mass is 35.5. The van der Waals surface area contributed by atoms with E-state index in [0.29, 0.717) is 48.9 Å². The van der Waals surface area contributed by atoms with Crippen molar-refractivity contribution in [2.45, 2.75) is 19.9 Å². The van der Waals surface area contributed by atoms with Crippen molar-refractivity contribution < 1.29 is 9.59 Å². The minimum absolute atomic E-state index is 0.0553. The molecule has 28 heavy (non-hydrogen) atoms. The molecule has 1 fully saturated rings. The zero-order valence-corrected chi connectivity index (χ0v) is 16.7. The lowest BCUT2D eigenvalue weighted by molar-refractivity contribution is 0.0629. The van der Waals surface area contributed by atoms with E-state index in [0.717, 1.165) is 30.9 Å². The van der Waals surface area contributed by atoms with Gasteiger partial charge in [-0.1, -0.05) is 30.7 Å². The van der Waals surface area contributed by atoms with Crippen LogP contribution in [-0.4, -0.2) is 76.0 Å². The summed E-state index contributed by atoms with van der Waals surface area (Å²) in [6.07, 6.45) is 0.648. The first kappa shape index (κ1) is 19.0. The molecule has 1 aromatic carbocycles. The van der Waals surface area contributed by atoms with E-state index in [1.807, 2.05) is 4.90 Å². The molecule has 0 radical (unpaired) electrons. The summed E-state index contributed by atoms with van der Waals surface area (Å²) in [6, 6.07) is 7.05. The maximum atomic E-state index is 13.0. The third kappa shape index (κ3) is 3.52. The van der Waals surface area contributed by atoms with Gasteiger partial charge in [0, 0.05) is 50.4 Å². The average Bonchev–Trinajstić information content (AvgIpc) is 3.16. The molecule has 0 atom stereocenters. The second kappa shape index (κ2) is 7.93. The number of benzene rings is 1. The Kier molecular flexibility index (Phi) is 5.37. The Morgan fingerprint density at radius 1 is 1.07 bits per heavy atom. The zero-order chi connectivity index (χ0) is 19.7. The number of aromatic amines is 1. The van der Waals surface area contributed by atoms with Gasteiger partial charge in [-0.2, -0.15) is 5.10 Å². The first-order valence-electron chi connectivity index (χ1n) is 9.70. The molecule has 0 bridgehead atoms. The van der Waals surface area contributed by atoms with Gasteiger partial charge in [0.05, 0.1) is 17.1 Å². The van der Waals surface area contributed by atoms with Crippen LogP contribution in [0.2, 0.25) is 5.02 Å². The van der Waals surface area contributed by atoms with E-state index in [1.165, 1.54) is 0 Å². The second-order valence-corrected chi connectivity index (χ2v) is 7.62. The molecule has 2 aliphatic rings. The van der Waals surface area contributed by atoms with E-state index in [4.69, 9.17) is 11.6 Å².